The molecule has 6 nitrogen and oxygen atoms in total. The first-order valence-electron chi connectivity index (χ1n) is 10.2. The van der Waals surface area contributed by atoms with Crippen LogP contribution in [0.5, 0.6) is 0 Å². The predicted molar refractivity (Wildman–Crippen MR) is 123 cm³/mol. The maximum Gasteiger partial charge on any atom is 1.00 e. The fourth-order valence-corrected chi connectivity index (χ4v) is 6.82. The third kappa shape index (κ3) is 5.05. The van der Waals surface area contributed by atoms with Crippen LogP contribution in [0.25, 0.3) is 10.1 Å². The average molecular weight is 484 g/mol. The molecule has 1 heterocycles. The van der Waals surface area contributed by atoms with Crippen molar-refractivity contribution in [3.63, 3.8) is 0 Å². The van der Waals surface area contributed by atoms with Crippen LogP contribution in [-0.2, 0) is 15.6 Å². The van der Waals surface area contributed by atoms with Crippen LogP contribution in [-0.4, -0.2) is 31.1 Å². The number of nitrogens with zero attached hydrogens (tertiary/aromatic N) is 1. The van der Waals surface area contributed by atoms with Gasteiger partial charge in [0.25, 0.3) is 10.0 Å². The van der Waals surface area contributed by atoms with Crippen molar-refractivity contribution >= 4 is 42.4 Å². The largest absolute Gasteiger partial charge is 1.00 e. The molecule has 4 rings (SSSR count). The van der Waals surface area contributed by atoms with E-state index in [-0.39, 0.29) is 41.4 Å². The Labute approximate surface area is 215 Å². The van der Waals surface area contributed by atoms with Crippen LogP contribution in [0.15, 0.2) is 53.4 Å². The Morgan fingerprint density at radius 2 is 1.78 bits per heavy atom. The number of carboxylic acid groups (broad SMARTS) is 1. The summed E-state index contributed by atoms with van der Waals surface area (Å²) in [5.74, 6) is -0.588. The molecule has 0 radical (unpaired) electrons. The number of benzene rings is 2. The molecule has 0 spiro atoms. The standard InChI is InChI=1S/C23H25NO5S2.Na.H/c1-23(2,27)20-18-5-3-4-6-19(18)30-21(20)24(14-13-15-7-8-15)31(28,29)17-11-9-16(10-12-17)22(25)26;;/h3-6,9-12,15,27H,7-8,13-14H2,1-2H3,(H,25,26);;/q;+1;-1. The number of carboxylic acids is 1. The molecule has 0 aliphatic heterocycles. The molecule has 2 aromatic carbocycles. The fraction of sp³-hybridized carbons (Fsp3) is 0.348. The van der Waals surface area contributed by atoms with E-state index in [0.29, 0.717) is 23.0 Å². The third-order valence-corrected chi connectivity index (χ3v) is 8.66. The second-order valence-electron chi connectivity index (χ2n) is 8.48. The van der Waals surface area contributed by atoms with Gasteiger partial charge in [-0.15, -0.1) is 11.3 Å². The van der Waals surface area contributed by atoms with E-state index in [0.717, 1.165) is 29.3 Å². The van der Waals surface area contributed by atoms with Gasteiger partial charge in [0.1, 0.15) is 5.00 Å². The van der Waals surface area contributed by atoms with Gasteiger partial charge in [0.2, 0.25) is 0 Å². The second kappa shape index (κ2) is 9.44. The van der Waals surface area contributed by atoms with Gasteiger partial charge in [0, 0.05) is 22.2 Å². The minimum Gasteiger partial charge on any atom is -1.00 e. The van der Waals surface area contributed by atoms with Gasteiger partial charge in [-0.25, -0.2) is 13.2 Å². The first-order chi connectivity index (χ1) is 14.6. The van der Waals surface area contributed by atoms with Crippen LogP contribution in [0.2, 0.25) is 0 Å². The number of carbonyl (C=O) groups is 1. The van der Waals surface area contributed by atoms with E-state index in [4.69, 9.17) is 5.11 Å². The van der Waals surface area contributed by atoms with Gasteiger partial charge in [-0.1, -0.05) is 31.0 Å². The van der Waals surface area contributed by atoms with E-state index in [1.165, 1.54) is 39.9 Å². The summed E-state index contributed by atoms with van der Waals surface area (Å²) < 4.78 is 29.7. The molecule has 2 N–H and O–H groups in total. The maximum absolute atomic E-state index is 13.7. The smallest absolute Gasteiger partial charge is 1.00 e. The van der Waals surface area contributed by atoms with E-state index >= 15 is 0 Å². The average Bonchev–Trinajstić information content (AvgIpc) is 3.44. The Bertz CT molecular complexity index is 1230. The number of sulfonamides is 1. The van der Waals surface area contributed by atoms with Gasteiger partial charge in [-0.3, -0.25) is 4.31 Å². The van der Waals surface area contributed by atoms with Crippen molar-refractivity contribution in [3.05, 3.63) is 59.7 Å². The summed E-state index contributed by atoms with van der Waals surface area (Å²) in [4.78, 5) is 11.2. The molecule has 1 aromatic heterocycles. The molecular weight excluding hydrogens is 457 g/mol. The molecule has 166 valence electrons. The van der Waals surface area contributed by atoms with Gasteiger partial charge in [0.05, 0.1) is 16.1 Å². The fourth-order valence-electron chi connectivity index (χ4n) is 3.73. The summed E-state index contributed by atoms with van der Waals surface area (Å²) in [5.41, 5.74) is -0.618. The monoisotopic (exact) mass is 483 g/mol. The Morgan fingerprint density at radius 3 is 2.34 bits per heavy atom. The number of hydrogen-bond acceptors (Lipinski definition) is 5. The predicted octanol–water partition coefficient (Wildman–Crippen LogP) is 1.94. The van der Waals surface area contributed by atoms with Crippen molar-refractivity contribution < 1.29 is 54.4 Å². The normalized spacial score (nSPS) is 14.2. The van der Waals surface area contributed by atoms with Crippen molar-refractivity contribution in [2.75, 3.05) is 10.8 Å². The molecule has 0 atom stereocenters. The zero-order valence-corrected chi connectivity index (χ0v) is 22.0. The first-order valence-corrected chi connectivity index (χ1v) is 12.4. The van der Waals surface area contributed by atoms with Crippen molar-refractivity contribution in [2.45, 2.75) is 43.6 Å². The van der Waals surface area contributed by atoms with Gasteiger partial charge in [0.15, 0.2) is 0 Å². The van der Waals surface area contributed by atoms with Crippen molar-refractivity contribution in [1.82, 2.24) is 0 Å². The van der Waals surface area contributed by atoms with E-state index in [1.54, 1.807) is 13.8 Å². The maximum atomic E-state index is 13.7. The number of aliphatic hydroxyl groups is 1. The zero-order chi connectivity index (χ0) is 22.4. The Kier molecular flexibility index (Phi) is 7.44. The molecular formula is C23H26NNaO5S2. The number of hydrogen-bond donors (Lipinski definition) is 2. The summed E-state index contributed by atoms with van der Waals surface area (Å²) in [6.45, 7) is 3.64. The molecule has 32 heavy (non-hydrogen) atoms. The molecule has 1 fully saturated rings. The van der Waals surface area contributed by atoms with Gasteiger partial charge in [-0.05, 0) is 56.5 Å². The molecule has 0 unspecified atom stereocenters. The van der Waals surface area contributed by atoms with Crippen LogP contribution in [0.4, 0.5) is 5.00 Å². The minimum atomic E-state index is -3.96. The van der Waals surface area contributed by atoms with Crippen molar-refractivity contribution in [1.29, 1.82) is 0 Å². The summed E-state index contributed by atoms with van der Waals surface area (Å²) in [6, 6.07) is 12.9. The number of aromatic carboxylic acids is 1. The molecule has 1 aliphatic rings. The van der Waals surface area contributed by atoms with Crippen molar-refractivity contribution in [3.8, 4) is 0 Å². The van der Waals surface area contributed by atoms with E-state index < -0.39 is 21.6 Å². The van der Waals surface area contributed by atoms with Crippen LogP contribution in [0, 0.1) is 5.92 Å². The van der Waals surface area contributed by atoms with Gasteiger partial charge >= 0.3 is 35.5 Å². The summed E-state index contributed by atoms with van der Waals surface area (Å²) in [6.07, 6.45) is 2.95. The Hall–Kier alpha value is -1.42. The van der Waals surface area contributed by atoms with Gasteiger partial charge < -0.3 is 11.6 Å². The van der Waals surface area contributed by atoms with Crippen LogP contribution in [0.1, 0.15) is 50.5 Å². The van der Waals surface area contributed by atoms with Crippen LogP contribution in [0.3, 0.4) is 0 Å². The van der Waals surface area contributed by atoms with Gasteiger partial charge in [-0.2, -0.15) is 0 Å². The second-order valence-corrected chi connectivity index (χ2v) is 11.4. The number of thiophene rings is 1. The summed E-state index contributed by atoms with van der Waals surface area (Å²) >= 11 is 1.35. The SMILES string of the molecule is CC(C)(O)c1c(N(CCC2CC2)S(=O)(=O)c2ccc(C(=O)O)cc2)sc2ccccc12.[H-].[Na+]. The molecule has 1 aliphatic carbocycles. The summed E-state index contributed by atoms with van der Waals surface area (Å²) in [5, 5.41) is 21.4. The minimum absolute atomic E-state index is 0. The zero-order valence-electron chi connectivity index (χ0n) is 19.4. The van der Waals surface area contributed by atoms with E-state index in [1.807, 2.05) is 24.3 Å². The van der Waals surface area contributed by atoms with E-state index in [9.17, 15) is 18.3 Å². The number of fused-ring (bicyclic) bond motifs is 1. The van der Waals surface area contributed by atoms with E-state index in [2.05, 4.69) is 0 Å². The Balaban J connectivity index is 0.00000193. The quantitative estimate of drug-likeness (QED) is 0.478. The summed E-state index contributed by atoms with van der Waals surface area (Å²) in [7, 11) is -3.96. The molecule has 1 saturated carbocycles. The molecule has 3 aromatic rings. The third-order valence-electron chi connectivity index (χ3n) is 5.54. The number of rotatable bonds is 8. The van der Waals surface area contributed by atoms with Crippen molar-refractivity contribution in [2.24, 2.45) is 5.92 Å². The molecule has 0 bridgehead atoms. The number of anilines is 1. The Morgan fingerprint density at radius 1 is 1.16 bits per heavy atom. The molecule has 0 saturated heterocycles. The first kappa shape index (κ1) is 25.2. The van der Waals surface area contributed by atoms with Crippen LogP contribution >= 0.6 is 11.3 Å². The van der Waals surface area contributed by atoms with Crippen LogP contribution < -0.4 is 33.9 Å². The molecule has 0 amide bonds. The molecule has 9 heteroatoms. The topological polar surface area (TPSA) is 94.9 Å².